The third kappa shape index (κ3) is 4.50. The van der Waals surface area contributed by atoms with Gasteiger partial charge in [-0.3, -0.25) is 4.98 Å². The minimum absolute atomic E-state index is 0.212. The number of nitriles is 1. The van der Waals surface area contributed by atoms with Crippen LogP contribution < -0.4 is 0 Å². The molecular formula is C22H17ClN4OS2. The van der Waals surface area contributed by atoms with Gasteiger partial charge in [0.2, 0.25) is 5.69 Å². The van der Waals surface area contributed by atoms with E-state index >= 15 is 0 Å². The number of hydrogen-bond acceptors (Lipinski definition) is 6. The van der Waals surface area contributed by atoms with Gasteiger partial charge in [-0.2, -0.15) is 5.26 Å². The van der Waals surface area contributed by atoms with E-state index < -0.39 is 0 Å². The van der Waals surface area contributed by atoms with E-state index in [2.05, 4.69) is 15.9 Å². The summed E-state index contributed by atoms with van der Waals surface area (Å²) in [6, 6.07) is 9.88. The second-order valence-electron chi connectivity index (χ2n) is 6.76. The number of rotatable bonds is 5. The molecule has 0 aliphatic carbocycles. The Hall–Kier alpha value is -2.42. The molecule has 2 aromatic heterocycles. The molecule has 3 heterocycles. The lowest BCUT2D eigenvalue weighted by molar-refractivity contribution is 0.0151. The van der Waals surface area contributed by atoms with Crippen LogP contribution in [0.25, 0.3) is 15.4 Å². The Morgan fingerprint density at radius 2 is 2.17 bits per heavy atom. The summed E-state index contributed by atoms with van der Waals surface area (Å²) in [6.45, 7) is 8.13. The van der Waals surface area contributed by atoms with Crippen LogP contribution in [0.1, 0.15) is 42.2 Å². The van der Waals surface area contributed by atoms with E-state index in [1.54, 1.807) is 17.5 Å². The lowest BCUT2D eigenvalue weighted by Gasteiger charge is -2.25. The Balaban J connectivity index is 1.56. The number of pyridine rings is 1. The number of hydrogen-bond donors (Lipinski definition) is 0. The first-order valence-corrected chi connectivity index (χ1v) is 11.7. The van der Waals surface area contributed by atoms with E-state index in [-0.39, 0.29) is 6.10 Å². The van der Waals surface area contributed by atoms with Crippen LogP contribution in [0.15, 0.2) is 40.9 Å². The Kier molecular flexibility index (Phi) is 6.66. The van der Waals surface area contributed by atoms with Crippen molar-refractivity contribution < 1.29 is 4.74 Å². The molecule has 30 heavy (non-hydrogen) atoms. The summed E-state index contributed by atoms with van der Waals surface area (Å²) in [6.07, 6.45) is 4.21. The molecular weight excluding hydrogens is 436 g/mol. The molecule has 4 rings (SSSR count). The van der Waals surface area contributed by atoms with E-state index in [0.29, 0.717) is 39.2 Å². The highest BCUT2D eigenvalue weighted by molar-refractivity contribution is 7.98. The molecule has 1 atom stereocenters. The van der Waals surface area contributed by atoms with E-state index in [0.717, 1.165) is 35.5 Å². The summed E-state index contributed by atoms with van der Waals surface area (Å²) in [4.78, 5) is 12.7. The summed E-state index contributed by atoms with van der Waals surface area (Å²) in [5.41, 5.74) is 3.49. The molecule has 0 saturated carbocycles. The first kappa shape index (κ1) is 20.8. The van der Waals surface area contributed by atoms with Crippen LogP contribution in [0.5, 0.6) is 0 Å². The maximum Gasteiger partial charge on any atom is 0.212 e. The van der Waals surface area contributed by atoms with Gasteiger partial charge in [-0.05, 0) is 31.4 Å². The Morgan fingerprint density at radius 3 is 2.87 bits per heavy atom. The predicted molar refractivity (Wildman–Crippen MR) is 120 cm³/mol. The van der Waals surface area contributed by atoms with Gasteiger partial charge in [-0.1, -0.05) is 35.5 Å². The number of benzene rings is 1. The Bertz CT molecular complexity index is 1130. The SMILES string of the molecule is [C-]#[N+]c1cnc(SCc2csc(-c3ccc(Cl)cc3)n2)c(C#N)c1C1CCCCO1. The zero-order valence-electron chi connectivity index (χ0n) is 16.0. The van der Waals surface area contributed by atoms with E-state index in [1.807, 2.05) is 29.6 Å². The van der Waals surface area contributed by atoms with Crippen LogP contribution in [0.4, 0.5) is 5.69 Å². The maximum atomic E-state index is 9.84. The molecule has 3 aromatic rings. The molecule has 1 unspecified atom stereocenters. The van der Waals surface area contributed by atoms with Crippen molar-refractivity contribution in [1.29, 1.82) is 5.26 Å². The highest BCUT2D eigenvalue weighted by Gasteiger charge is 2.25. The fourth-order valence-electron chi connectivity index (χ4n) is 3.34. The summed E-state index contributed by atoms with van der Waals surface area (Å²) < 4.78 is 5.88. The molecule has 0 bridgehead atoms. The van der Waals surface area contributed by atoms with Crippen molar-refractivity contribution in [2.45, 2.75) is 36.1 Å². The quantitative estimate of drug-likeness (QED) is 0.314. The van der Waals surface area contributed by atoms with Crippen LogP contribution >= 0.6 is 34.7 Å². The van der Waals surface area contributed by atoms with Gasteiger partial charge in [0, 0.05) is 40.1 Å². The van der Waals surface area contributed by atoms with Crippen molar-refractivity contribution in [3.63, 3.8) is 0 Å². The molecule has 0 spiro atoms. The molecule has 5 nitrogen and oxygen atoms in total. The summed E-state index contributed by atoms with van der Waals surface area (Å²) in [7, 11) is 0. The van der Waals surface area contributed by atoms with Crippen LogP contribution in [0.2, 0.25) is 5.02 Å². The predicted octanol–water partition coefficient (Wildman–Crippen LogP) is 6.81. The number of halogens is 1. The van der Waals surface area contributed by atoms with Gasteiger partial charge >= 0.3 is 0 Å². The third-order valence-electron chi connectivity index (χ3n) is 4.80. The summed E-state index contributed by atoms with van der Waals surface area (Å²) in [5, 5.41) is 14.1. The average Bonchev–Trinajstić information content (AvgIpc) is 3.27. The minimum Gasteiger partial charge on any atom is -0.375 e. The number of aromatic nitrogens is 2. The Morgan fingerprint density at radius 1 is 1.33 bits per heavy atom. The lowest BCUT2D eigenvalue weighted by Crippen LogP contribution is -2.13. The molecule has 8 heteroatoms. The van der Waals surface area contributed by atoms with Gasteiger partial charge in [-0.15, -0.1) is 11.3 Å². The second-order valence-corrected chi connectivity index (χ2v) is 9.01. The van der Waals surface area contributed by atoms with E-state index in [9.17, 15) is 5.26 Å². The topological polar surface area (TPSA) is 63.2 Å². The van der Waals surface area contributed by atoms with Crippen molar-refractivity contribution >= 4 is 40.4 Å². The van der Waals surface area contributed by atoms with Crippen LogP contribution in [-0.2, 0) is 10.5 Å². The van der Waals surface area contributed by atoms with Gasteiger partial charge < -0.3 is 4.74 Å². The Labute approximate surface area is 188 Å². The normalized spacial score (nSPS) is 16.0. The van der Waals surface area contributed by atoms with Crippen molar-refractivity contribution in [3.8, 4) is 16.6 Å². The molecule has 0 amide bonds. The zero-order valence-corrected chi connectivity index (χ0v) is 18.4. The number of thioether (sulfide) groups is 1. The van der Waals surface area contributed by atoms with Crippen molar-refractivity contribution in [2.24, 2.45) is 0 Å². The van der Waals surface area contributed by atoms with Crippen molar-refractivity contribution in [3.05, 3.63) is 69.1 Å². The minimum atomic E-state index is -0.212. The zero-order chi connectivity index (χ0) is 20.9. The smallest absolute Gasteiger partial charge is 0.212 e. The molecule has 1 saturated heterocycles. The van der Waals surface area contributed by atoms with Crippen molar-refractivity contribution in [2.75, 3.05) is 6.61 Å². The fourth-order valence-corrected chi connectivity index (χ4v) is 5.26. The van der Waals surface area contributed by atoms with Crippen LogP contribution in [0, 0.1) is 17.9 Å². The molecule has 1 aromatic carbocycles. The van der Waals surface area contributed by atoms with E-state index in [1.165, 1.54) is 11.8 Å². The molecule has 1 fully saturated rings. The summed E-state index contributed by atoms with van der Waals surface area (Å²) in [5.74, 6) is 0.591. The highest BCUT2D eigenvalue weighted by atomic mass is 35.5. The molecule has 1 aliphatic heterocycles. The number of ether oxygens (including phenoxy) is 1. The third-order valence-corrected chi connectivity index (χ3v) is 7.01. The van der Waals surface area contributed by atoms with Crippen molar-refractivity contribution in [1.82, 2.24) is 9.97 Å². The van der Waals surface area contributed by atoms with Gasteiger partial charge in [-0.25, -0.2) is 9.83 Å². The van der Waals surface area contributed by atoms with Gasteiger partial charge in [0.1, 0.15) is 16.1 Å². The largest absolute Gasteiger partial charge is 0.375 e. The fraction of sp³-hybridized carbons (Fsp3) is 0.273. The maximum absolute atomic E-state index is 9.84. The van der Waals surface area contributed by atoms with E-state index in [4.69, 9.17) is 27.9 Å². The number of thiazole rings is 1. The standard InChI is InChI=1S/C22H17ClN4OS2/c1-25-18-11-26-22(17(10-24)20(18)19-4-2-3-9-28-19)30-13-16-12-29-21(27-16)14-5-7-15(23)8-6-14/h5-8,11-12,19H,2-4,9,13H2. The monoisotopic (exact) mass is 452 g/mol. The molecule has 150 valence electrons. The first-order chi connectivity index (χ1) is 14.7. The molecule has 1 aliphatic rings. The molecule has 0 radical (unpaired) electrons. The number of nitrogens with zero attached hydrogens (tertiary/aromatic N) is 4. The average molecular weight is 453 g/mol. The first-order valence-electron chi connectivity index (χ1n) is 9.45. The second kappa shape index (κ2) is 9.59. The molecule has 0 N–H and O–H groups in total. The van der Waals surface area contributed by atoms with Crippen LogP contribution in [0.3, 0.4) is 0 Å². The summed E-state index contributed by atoms with van der Waals surface area (Å²) >= 11 is 9.00. The van der Waals surface area contributed by atoms with Gasteiger partial charge in [0.15, 0.2) is 0 Å². The van der Waals surface area contributed by atoms with Crippen LogP contribution in [-0.4, -0.2) is 16.6 Å². The highest BCUT2D eigenvalue weighted by Crippen LogP contribution is 2.40. The lowest BCUT2D eigenvalue weighted by atomic mass is 9.97. The van der Waals surface area contributed by atoms with Gasteiger partial charge in [0.05, 0.1) is 23.9 Å². The van der Waals surface area contributed by atoms with Gasteiger partial charge in [0.25, 0.3) is 0 Å².